The number of rotatable bonds is 6. The van der Waals surface area contributed by atoms with Crippen LogP contribution in [0.1, 0.15) is 50.2 Å². The Morgan fingerprint density at radius 2 is 2.05 bits per heavy atom. The SMILES string of the molecule is C[C@@H]1c2ncc(COCC3CC3)n2CCN1S(=O)(=O)C1CC1. The molecule has 3 aliphatic rings. The van der Waals surface area contributed by atoms with E-state index in [2.05, 4.69) is 9.55 Å². The third-order valence-corrected chi connectivity index (χ3v) is 7.36. The number of fused-ring (bicyclic) bond motifs is 1. The number of hydrogen-bond donors (Lipinski definition) is 0. The third-order valence-electron chi connectivity index (χ3n) is 4.89. The molecule has 1 aromatic rings. The fraction of sp³-hybridized carbons (Fsp3) is 0.800. The Balaban J connectivity index is 1.49. The molecule has 6 nitrogen and oxygen atoms in total. The van der Waals surface area contributed by atoms with Crippen molar-refractivity contribution in [2.45, 2.75) is 57.1 Å². The van der Waals surface area contributed by atoms with Crippen molar-refractivity contribution in [3.05, 3.63) is 17.7 Å². The normalized spacial score (nSPS) is 26.1. The number of ether oxygens (including phenoxy) is 1. The first-order valence-electron chi connectivity index (χ1n) is 8.20. The maximum atomic E-state index is 12.5. The van der Waals surface area contributed by atoms with Gasteiger partial charge in [-0.15, -0.1) is 0 Å². The molecule has 0 unspecified atom stereocenters. The summed E-state index contributed by atoms with van der Waals surface area (Å²) in [7, 11) is -3.14. The first-order valence-corrected chi connectivity index (χ1v) is 9.70. The number of imidazole rings is 1. The van der Waals surface area contributed by atoms with Crippen LogP contribution in [0.2, 0.25) is 0 Å². The van der Waals surface area contributed by atoms with Gasteiger partial charge in [0, 0.05) is 19.7 Å². The van der Waals surface area contributed by atoms with Gasteiger partial charge in [-0.2, -0.15) is 4.31 Å². The highest BCUT2D eigenvalue weighted by atomic mass is 32.2. The summed E-state index contributed by atoms with van der Waals surface area (Å²) in [5, 5.41) is -0.155. The van der Waals surface area contributed by atoms with Crippen LogP contribution in [0, 0.1) is 5.92 Å². The molecule has 0 saturated heterocycles. The first kappa shape index (κ1) is 14.7. The monoisotopic (exact) mass is 325 g/mol. The van der Waals surface area contributed by atoms with Crippen molar-refractivity contribution in [3.8, 4) is 0 Å². The van der Waals surface area contributed by atoms with Crippen LogP contribution in [0.4, 0.5) is 0 Å². The standard InChI is InChI=1S/C15H23N3O3S/c1-11-15-16-8-13(10-21-9-12-2-3-12)17(15)6-7-18(11)22(19,20)14-4-5-14/h8,11-12,14H,2-7,9-10H2,1H3/t11-/m1/s1. The van der Waals surface area contributed by atoms with E-state index in [9.17, 15) is 8.42 Å². The molecule has 122 valence electrons. The van der Waals surface area contributed by atoms with E-state index < -0.39 is 10.0 Å². The average Bonchev–Trinajstić information content (AvgIpc) is 3.38. The van der Waals surface area contributed by atoms with Crippen molar-refractivity contribution in [3.63, 3.8) is 0 Å². The Labute approximate surface area is 131 Å². The molecule has 2 fully saturated rings. The largest absolute Gasteiger partial charge is 0.375 e. The Morgan fingerprint density at radius 3 is 2.73 bits per heavy atom. The molecule has 2 aliphatic carbocycles. The Hall–Kier alpha value is -0.920. The van der Waals surface area contributed by atoms with Gasteiger partial charge >= 0.3 is 0 Å². The van der Waals surface area contributed by atoms with Crippen molar-refractivity contribution in [2.24, 2.45) is 5.92 Å². The van der Waals surface area contributed by atoms with Crippen molar-refractivity contribution in [1.82, 2.24) is 13.9 Å². The quantitative estimate of drug-likeness (QED) is 0.798. The second kappa shape index (κ2) is 5.32. The van der Waals surface area contributed by atoms with Gasteiger partial charge in [-0.3, -0.25) is 0 Å². The summed E-state index contributed by atoms with van der Waals surface area (Å²) in [5.74, 6) is 1.60. The van der Waals surface area contributed by atoms with Gasteiger partial charge in [-0.25, -0.2) is 13.4 Å². The Morgan fingerprint density at radius 1 is 1.27 bits per heavy atom. The average molecular weight is 325 g/mol. The molecule has 0 N–H and O–H groups in total. The molecule has 1 aromatic heterocycles. The zero-order valence-corrected chi connectivity index (χ0v) is 13.8. The van der Waals surface area contributed by atoms with Crippen molar-refractivity contribution in [1.29, 1.82) is 0 Å². The van der Waals surface area contributed by atoms with E-state index >= 15 is 0 Å². The molecule has 0 spiro atoms. The van der Waals surface area contributed by atoms with Gasteiger partial charge in [0.25, 0.3) is 0 Å². The van der Waals surface area contributed by atoms with Crippen molar-refractivity contribution >= 4 is 10.0 Å². The predicted molar refractivity (Wildman–Crippen MR) is 81.7 cm³/mol. The maximum absolute atomic E-state index is 12.5. The lowest BCUT2D eigenvalue weighted by Gasteiger charge is -2.33. The first-order chi connectivity index (χ1) is 10.6. The Kier molecular flexibility index (Phi) is 3.54. The lowest BCUT2D eigenvalue weighted by Crippen LogP contribution is -2.43. The summed E-state index contributed by atoms with van der Waals surface area (Å²) in [4.78, 5) is 4.47. The number of hydrogen-bond acceptors (Lipinski definition) is 4. The van der Waals surface area contributed by atoms with Crippen LogP contribution >= 0.6 is 0 Å². The van der Waals surface area contributed by atoms with E-state index in [-0.39, 0.29) is 11.3 Å². The van der Waals surface area contributed by atoms with Gasteiger partial charge in [0.05, 0.1) is 29.8 Å². The second-order valence-electron chi connectivity index (χ2n) is 6.75. The summed E-state index contributed by atoms with van der Waals surface area (Å²) in [6.45, 7) is 4.56. The molecular weight excluding hydrogens is 302 g/mol. The van der Waals surface area contributed by atoms with Gasteiger partial charge in [0.2, 0.25) is 10.0 Å². The molecule has 0 bridgehead atoms. The van der Waals surface area contributed by atoms with E-state index in [0.717, 1.165) is 36.9 Å². The topological polar surface area (TPSA) is 64.4 Å². The van der Waals surface area contributed by atoms with Gasteiger partial charge in [-0.05, 0) is 38.5 Å². The molecule has 1 atom stereocenters. The Bertz CT molecular complexity index is 662. The minimum Gasteiger partial charge on any atom is -0.375 e. The van der Waals surface area contributed by atoms with E-state index in [1.165, 1.54) is 12.8 Å². The van der Waals surface area contributed by atoms with Gasteiger partial charge < -0.3 is 9.30 Å². The molecule has 0 aromatic carbocycles. The zero-order chi connectivity index (χ0) is 15.3. The van der Waals surface area contributed by atoms with Crippen LogP contribution in [0.3, 0.4) is 0 Å². The molecule has 0 amide bonds. The van der Waals surface area contributed by atoms with Crippen LogP contribution < -0.4 is 0 Å². The van der Waals surface area contributed by atoms with Crippen LogP contribution in [-0.4, -0.2) is 40.7 Å². The van der Waals surface area contributed by atoms with E-state index in [1.54, 1.807) is 4.31 Å². The molecule has 0 radical (unpaired) electrons. The predicted octanol–water partition coefficient (Wildman–Crippen LogP) is 1.68. The highest BCUT2D eigenvalue weighted by Gasteiger charge is 2.44. The fourth-order valence-electron chi connectivity index (χ4n) is 3.17. The van der Waals surface area contributed by atoms with Crippen LogP contribution in [-0.2, 0) is 27.9 Å². The minimum atomic E-state index is -3.14. The van der Waals surface area contributed by atoms with Crippen LogP contribution in [0.25, 0.3) is 0 Å². The molecule has 7 heteroatoms. The molecule has 2 saturated carbocycles. The lowest BCUT2D eigenvalue weighted by molar-refractivity contribution is 0.105. The van der Waals surface area contributed by atoms with E-state index in [1.807, 2.05) is 13.1 Å². The van der Waals surface area contributed by atoms with Crippen molar-refractivity contribution in [2.75, 3.05) is 13.2 Å². The number of aromatic nitrogens is 2. The second-order valence-corrected chi connectivity index (χ2v) is 8.91. The summed E-state index contributed by atoms with van der Waals surface area (Å²) >= 11 is 0. The molecule has 2 heterocycles. The summed E-state index contributed by atoms with van der Waals surface area (Å²) < 4.78 is 34.5. The maximum Gasteiger partial charge on any atom is 0.217 e. The highest BCUT2D eigenvalue weighted by molar-refractivity contribution is 7.90. The minimum absolute atomic E-state index is 0.155. The summed E-state index contributed by atoms with van der Waals surface area (Å²) in [6, 6.07) is -0.184. The van der Waals surface area contributed by atoms with E-state index in [0.29, 0.717) is 19.7 Å². The van der Waals surface area contributed by atoms with Gasteiger partial charge in [0.15, 0.2) is 0 Å². The fourth-order valence-corrected chi connectivity index (χ4v) is 5.16. The van der Waals surface area contributed by atoms with Gasteiger partial charge in [0.1, 0.15) is 5.82 Å². The van der Waals surface area contributed by atoms with Crippen LogP contribution in [0.5, 0.6) is 0 Å². The third kappa shape index (κ3) is 2.59. The lowest BCUT2D eigenvalue weighted by atomic mass is 10.2. The molecule has 22 heavy (non-hydrogen) atoms. The smallest absolute Gasteiger partial charge is 0.217 e. The number of sulfonamides is 1. The molecule has 1 aliphatic heterocycles. The van der Waals surface area contributed by atoms with Crippen molar-refractivity contribution < 1.29 is 13.2 Å². The van der Waals surface area contributed by atoms with E-state index in [4.69, 9.17) is 4.74 Å². The molecular formula is C15H23N3O3S. The van der Waals surface area contributed by atoms with Crippen LogP contribution in [0.15, 0.2) is 6.20 Å². The molecule has 4 rings (SSSR count). The number of nitrogens with zero attached hydrogens (tertiary/aromatic N) is 3. The van der Waals surface area contributed by atoms with Gasteiger partial charge in [-0.1, -0.05) is 0 Å². The highest BCUT2D eigenvalue weighted by Crippen LogP contribution is 2.37. The summed E-state index contributed by atoms with van der Waals surface area (Å²) in [5.41, 5.74) is 1.06. The zero-order valence-electron chi connectivity index (χ0n) is 12.9. The summed E-state index contributed by atoms with van der Waals surface area (Å²) in [6.07, 6.45) is 6.03.